The van der Waals surface area contributed by atoms with Gasteiger partial charge in [-0.3, -0.25) is 4.79 Å². The average Bonchev–Trinajstić information content (AvgIpc) is 2.44. The molecule has 0 aromatic heterocycles. The quantitative estimate of drug-likeness (QED) is 0.855. The van der Waals surface area contributed by atoms with Crippen molar-refractivity contribution in [3.05, 3.63) is 59.2 Å². The minimum atomic E-state index is -0.953. The monoisotopic (exact) mass is 278 g/mol. The fraction of sp³-hybridized carbons (Fsp3) is 0.133. The van der Waals surface area contributed by atoms with E-state index in [0.717, 1.165) is 12.1 Å². The maximum absolute atomic E-state index is 13.7. The predicted octanol–water partition coefficient (Wildman–Crippen LogP) is 3.10. The lowest BCUT2D eigenvalue weighted by atomic mass is 10.1. The van der Waals surface area contributed by atoms with Crippen LogP contribution in [0.1, 0.15) is 15.9 Å². The summed E-state index contributed by atoms with van der Waals surface area (Å²) in [6, 6.07) is 8.45. The van der Waals surface area contributed by atoms with E-state index >= 15 is 0 Å². The van der Waals surface area contributed by atoms with Gasteiger partial charge in [-0.15, -0.1) is 0 Å². The van der Waals surface area contributed by atoms with Gasteiger partial charge in [0, 0.05) is 12.2 Å². The van der Waals surface area contributed by atoms with Gasteiger partial charge in [0.15, 0.2) is 17.4 Å². The normalized spacial score (nSPS) is 10.3. The molecule has 2 rings (SSSR count). The summed E-state index contributed by atoms with van der Waals surface area (Å²) in [5.74, 6) is -2.21. The molecule has 0 aliphatic heterocycles. The lowest BCUT2D eigenvalue weighted by Gasteiger charge is -2.12. The molecule has 1 N–H and O–H groups in total. The molecular weight excluding hydrogens is 266 g/mol. The largest absolute Gasteiger partial charge is 0.451 e. The van der Waals surface area contributed by atoms with Crippen molar-refractivity contribution in [3.8, 4) is 11.5 Å². The van der Waals surface area contributed by atoms with Crippen molar-refractivity contribution in [3.63, 3.8) is 0 Å². The zero-order valence-corrected chi connectivity index (χ0v) is 10.5. The van der Waals surface area contributed by atoms with Crippen LogP contribution < -0.4 is 4.74 Å². The SMILES string of the molecule is O=Cc1cc(F)c(Oc2ccccc2CCO)c(F)c1. The molecule has 0 aliphatic rings. The zero-order valence-electron chi connectivity index (χ0n) is 10.5. The van der Waals surface area contributed by atoms with Crippen molar-refractivity contribution < 1.29 is 23.4 Å². The summed E-state index contributed by atoms with van der Waals surface area (Å²) in [7, 11) is 0. The van der Waals surface area contributed by atoms with Gasteiger partial charge < -0.3 is 9.84 Å². The van der Waals surface area contributed by atoms with E-state index in [9.17, 15) is 13.6 Å². The van der Waals surface area contributed by atoms with Crippen LogP contribution in [-0.2, 0) is 6.42 Å². The number of benzene rings is 2. The van der Waals surface area contributed by atoms with Gasteiger partial charge in [-0.25, -0.2) is 8.78 Å². The fourth-order valence-electron chi connectivity index (χ4n) is 1.79. The van der Waals surface area contributed by atoms with E-state index in [1.165, 1.54) is 0 Å². The van der Waals surface area contributed by atoms with Crippen molar-refractivity contribution in [2.75, 3.05) is 6.61 Å². The lowest BCUT2D eigenvalue weighted by molar-refractivity contribution is 0.112. The van der Waals surface area contributed by atoms with Gasteiger partial charge in [0.2, 0.25) is 0 Å². The van der Waals surface area contributed by atoms with Gasteiger partial charge in [-0.2, -0.15) is 0 Å². The topological polar surface area (TPSA) is 46.5 Å². The number of halogens is 2. The van der Waals surface area contributed by atoms with E-state index in [2.05, 4.69) is 0 Å². The van der Waals surface area contributed by atoms with Crippen LogP contribution in [0.4, 0.5) is 8.78 Å². The molecule has 0 saturated heterocycles. The Kier molecular flexibility index (Phi) is 4.42. The van der Waals surface area contributed by atoms with Crippen LogP contribution in [0.25, 0.3) is 0 Å². The molecule has 0 radical (unpaired) electrons. The Labute approximate surface area is 114 Å². The average molecular weight is 278 g/mol. The first-order valence-corrected chi connectivity index (χ1v) is 5.96. The number of aliphatic hydroxyl groups excluding tert-OH is 1. The Morgan fingerprint density at radius 1 is 1.15 bits per heavy atom. The van der Waals surface area contributed by atoms with Crippen LogP contribution in [0.3, 0.4) is 0 Å². The Morgan fingerprint density at radius 2 is 1.80 bits per heavy atom. The first-order chi connectivity index (χ1) is 9.65. The second-order valence-corrected chi connectivity index (χ2v) is 4.11. The Bertz CT molecular complexity index is 603. The molecular formula is C15H12F2O3. The third-order valence-electron chi connectivity index (χ3n) is 2.72. The Morgan fingerprint density at radius 3 is 2.40 bits per heavy atom. The van der Waals surface area contributed by atoms with E-state index in [1.54, 1.807) is 24.3 Å². The smallest absolute Gasteiger partial charge is 0.198 e. The number of ether oxygens (including phenoxy) is 1. The van der Waals surface area contributed by atoms with Crippen molar-refractivity contribution >= 4 is 6.29 Å². The second-order valence-electron chi connectivity index (χ2n) is 4.11. The van der Waals surface area contributed by atoms with E-state index < -0.39 is 17.4 Å². The molecule has 2 aromatic rings. The Balaban J connectivity index is 2.37. The number of para-hydroxylation sites is 1. The highest BCUT2D eigenvalue weighted by atomic mass is 19.1. The third-order valence-corrected chi connectivity index (χ3v) is 2.72. The maximum atomic E-state index is 13.7. The molecule has 0 aliphatic carbocycles. The van der Waals surface area contributed by atoms with Gasteiger partial charge in [0.1, 0.15) is 12.0 Å². The first-order valence-electron chi connectivity index (χ1n) is 5.96. The molecule has 0 unspecified atom stereocenters. The first kappa shape index (κ1) is 14.1. The summed E-state index contributed by atoms with van der Waals surface area (Å²) >= 11 is 0. The van der Waals surface area contributed by atoms with E-state index in [4.69, 9.17) is 9.84 Å². The number of carbonyl (C=O) groups is 1. The van der Waals surface area contributed by atoms with E-state index in [1.807, 2.05) is 0 Å². The maximum Gasteiger partial charge on any atom is 0.198 e. The van der Waals surface area contributed by atoms with Crippen molar-refractivity contribution in [1.82, 2.24) is 0 Å². The summed E-state index contributed by atoms with van der Waals surface area (Å²) < 4.78 is 32.7. The molecule has 0 atom stereocenters. The zero-order chi connectivity index (χ0) is 14.5. The predicted molar refractivity (Wildman–Crippen MR) is 69.1 cm³/mol. The summed E-state index contributed by atoms with van der Waals surface area (Å²) in [5.41, 5.74) is 0.532. The van der Waals surface area contributed by atoms with Crippen LogP contribution >= 0.6 is 0 Å². The number of rotatable bonds is 5. The highest BCUT2D eigenvalue weighted by Gasteiger charge is 2.15. The van der Waals surface area contributed by atoms with Crippen LogP contribution in [-0.4, -0.2) is 18.0 Å². The Hall–Kier alpha value is -2.27. The molecule has 104 valence electrons. The minimum absolute atomic E-state index is 0.101. The van der Waals surface area contributed by atoms with Crippen LogP contribution in [0.5, 0.6) is 11.5 Å². The fourth-order valence-corrected chi connectivity index (χ4v) is 1.79. The van der Waals surface area contributed by atoms with Crippen molar-refractivity contribution in [2.24, 2.45) is 0 Å². The molecule has 0 bridgehead atoms. The van der Waals surface area contributed by atoms with Gasteiger partial charge in [-0.1, -0.05) is 18.2 Å². The van der Waals surface area contributed by atoms with Crippen LogP contribution in [0.15, 0.2) is 36.4 Å². The molecule has 0 amide bonds. The van der Waals surface area contributed by atoms with Gasteiger partial charge in [0.05, 0.1) is 0 Å². The highest BCUT2D eigenvalue weighted by molar-refractivity contribution is 5.75. The molecule has 0 fully saturated rings. The molecule has 0 heterocycles. The minimum Gasteiger partial charge on any atom is -0.451 e. The summed E-state index contributed by atoms with van der Waals surface area (Å²) in [5, 5.41) is 8.95. The van der Waals surface area contributed by atoms with Gasteiger partial charge in [-0.05, 0) is 30.2 Å². The molecule has 0 spiro atoms. The number of aliphatic hydroxyl groups is 1. The number of aldehydes is 1. The molecule has 5 heteroatoms. The molecule has 0 saturated carbocycles. The lowest BCUT2D eigenvalue weighted by Crippen LogP contribution is -1.99. The standard InChI is InChI=1S/C15H12F2O3/c16-12-7-10(9-19)8-13(17)15(12)20-14-4-2-1-3-11(14)5-6-18/h1-4,7-9,18H,5-6H2. The van der Waals surface area contributed by atoms with Crippen molar-refractivity contribution in [1.29, 1.82) is 0 Å². The molecule has 3 nitrogen and oxygen atoms in total. The highest BCUT2D eigenvalue weighted by Crippen LogP contribution is 2.30. The third kappa shape index (κ3) is 3.00. The van der Waals surface area contributed by atoms with E-state index in [0.29, 0.717) is 18.3 Å². The number of hydrogen-bond acceptors (Lipinski definition) is 3. The van der Waals surface area contributed by atoms with Crippen LogP contribution in [0, 0.1) is 11.6 Å². The van der Waals surface area contributed by atoms with Gasteiger partial charge >= 0.3 is 0 Å². The summed E-state index contributed by atoms with van der Waals surface area (Å²) in [6.07, 6.45) is 0.668. The molecule has 2 aromatic carbocycles. The number of carbonyl (C=O) groups excluding carboxylic acids is 1. The van der Waals surface area contributed by atoms with Crippen LogP contribution in [0.2, 0.25) is 0 Å². The van der Waals surface area contributed by atoms with Gasteiger partial charge in [0.25, 0.3) is 0 Å². The number of hydrogen-bond donors (Lipinski definition) is 1. The van der Waals surface area contributed by atoms with Crippen molar-refractivity contribution in [2.45, 2.75) is 6.42 Å². The van der Waals surface area contributed by atoms with E-state index in [-0.39, 0.29) is 17.9 Å². The summed E-state index contributed by atoms with van der Waals surface area (Å²) in [6.45, 7) is -0.102. The second kappa shape index (κ2) is 6.25. The molecule has 20 heavy (non-hydrogen) atoms. The summed E-state index contributed by atoms with van der Waals surface area (Å²) in [4.78, 5) is 10.5.